The first-order valence-corrected chi connectivity index (χ1v) is 10.1. The van der Waals surface area contributed by atoms with Crippen molar-refractivity contribution in [1.29, 1.82) is 0 Å². The number of anilines is 1. The summed E-state index contributed by atoms with van der Waals surface area (Å²) in [5.41, 5.74) is 1.07. The number of fused-ring (bicyclic) bond motifs is 1. The van der Waals surface area contributed by atoms with Crippen LogP contribution in [0.3, 0.4) is 0 Å². The fourth-order valence-corrected chi connectivity index (χ4v) is 3.84. The topological polar surface area (TPSA) is 72.0 Å². The van der Waals surface area contributed by atoms with Gasteiger partial charge in [0.1, 0.15) is 11.6 Å². The smallest absolute Gasteiger partial charge is 0.268 e. The molecule has 1 atom stereocenters. The number of hydrogen-bond donors (Lipinski definition) is 0. The molecule has 0 N–H and O–H groups in total. The maximum absolute atomic E-state index is 14.5. The van der Waals surface area contributed by atoms with Gasteiger partial charge in [0.05, 0.1) is 12.8 Å². The first-order chi connectivity index (χ1) is 14.5. The Hall–Kier alpha value is -3.16. The van der Waals surface area contributed by atoms with Crippen LogP contribution in [0.2, 0.25) is 0 Å². The molecular formula is C22H22FN3O4. The highest BCUT2D eigenvalue weighted by molar-refractivity contribution is 6.02. The summed E-state index contributed by atoms with van der Waals surface area (Å²) < 4.78 is 25.9. The Kier molecular flexibility index (Phi) is 4.56. The van der Waals surface area contributed by atoms with Crippen LogP contribution in [0.5, 0.6) is 11.6 Å². The standard InChI is InChI=1S/C22H22FN3O4/c1-25-11-17-16(21(25)27)8-14(9-18(17)23)26-7-6-19(22(26)28)30-15-4-5-20(24-10-15)29-12-13-2-3-13/h4-5,8-10,13,19H,2-3,6-7,11-12H2,1H3/t19-/m1/s1. The van der Waals surface area contributed by atoms with Crippen molar-refractivity contribution >= 4 is 17.5 Å². The molecule has 2 aromatic rings. The number of hydrogen-bond acceptors (Lipinski definition) is 5. The van der Waals surface area contributed by atoms with Crippen molar-refractivity contribution in [1.82, 2.24) is 9.88 Å². The van der Waals surface area contributed by atoms with Gasteiger partial charge in [0, 0.05) is 49.4 Å². The van der Waals surface area contributed by atoms with Crippen LogP contribution in [-0.2, 0) is 11.3 Å². The Morgan fingerprint density at radius 1 is 1.20 bits per heavy atom. The minimum absolute atomic E-state index is 0.236. The highest BCUT2D eigenvalue weighted by Gasteiger charge is 2.36. The summed E-state index contributed by atoms with van der Waals surface area (Å²) in [5, 5.41) is 0. The molecular weight excluding hydrogens is 389 g/mol. The fourth-order valence-electron chi connectivity index (χ4n) is 3.84. The third kappa shape index (κ3) is 3.46. The fraction of sp³-hybridized carbons (Fsp3) is 0.409. The van der Waals surface area contributed by atoms with Crippen molar-refractivity contribution in [3.8, 4) is 11.6 Å². The monoisotopic (exact) mass is 411 g/mol. The number of amides is 2. The molecule has 1 aromatic heterocycles. The van der Waals surface area contributed by atoms with E-state index >= 15 is 0 Å². The van der Waals surface area contributed by atoms with Crippen molar-refractivity contribution in [2.75, 3.05) is 25.1 Å². The lowest BCUT2D eigenvalue weighted by atomic mass is 10.1. The largest absolute Gasteiger partial charge is 0.479 e. The molecule has 156 valence electrons. The Bertz CT molecular complexity index is 1010. The van der Waals surface area contributed by atoms with Crippen molar-refractivity contribution in [3.05, 3.63) is 47.4 Å². The van der Waals surface area contributed by atoms with Gasteiger partial charge in [0.15, 0.2) is 6.10 Å². The highest BCUT2D eigenvalue weighted by Crippen LogP contribution is 2.32. The van der Waals surface area contributed by atoms with E-state index in [1.54, 1.807) is 31.4 Å². The minimum Gasteiger partial charge on any atom is -0.479 e. The molecule has 30 heavy (non-hydrogen) atoms. The molecule has 3 heterocycles. The Morgan fingerprint density at radius 2 is 2.03 bits per heavy atom. The van der Waals surface area contributed by atoms with Crippen LogP contribution in [0.1, 0.15) is 35.2 Å². The van der Waals surface area contributed by atoms with Crippen molar-refractivity contribution < 1.29 is 23.5 Å². The van der Waals surface area contributed by atoms with Crippen molar-refractivity contribution in [3.63, 3.8) is 0 Å². The molecule has 2 amide bonds. The van der Waals surface area contributed by atoms with E-state index in [2.05, 4.69) is 4.98 Å². The van der Waals surface area contributed by atoms with Crippen LogP contribution in [0.15, 0.2) is 30.5 Å². The van der Waals surface area contributed by atoms with Gasteiger partial charge in [-0.25, -0.2) is 9.37 Å². The SMILES string of the molecule is CN1Cc2c(F)cc(N3CC[C@@H](Oc4ccc(OCC5CC5)nc4)C3=O)cc2C1=O. The molecule has 3 aliphatic rings. The predicted octanol–water partition coefficient (Wildman–Crippen LogP) is 2.78. The van der Waals surface area contributed by atoms with Gasteiger partial charge < -0.3 is 19.3 Å². The zero-order chi connectivity index (χ0) is 20.8. The first-order valence-electron chi connectivity index (χ1n) is 10.1. The number of rotatable bonds is 6. The molecule has 1 aromatic carbocycles. The highest BCUT2D eigenvalue weighted by atomic mass is 19.1. The van der Waals surface area contributed by atoms with Gasteiger partial charge in [-0.05, 0) is 37.0 Å². The number of halogens is 1. The number of carbonyl (C=O) groups is 2. The number of carbonyl (C=O) groups excluding carboxylic acids is 2. The van der Waals surface area contributed by atoms with Crippen molar-refractivity contribution in [2.24, 2.45) is 5.92 Å². The quantitative estimate of drug-likeness (QED) is 0.731. The lowest BCUT2D eigenvalue weighted by molar-refractivity contribution is -0.122. The summed E-state index contributed by atoms with van der Waals surface area (Å²) >= 11 is 0. The van der Waals surface area contributed by atoms with E-state index in [0.29, 0.717) is 53.9 Å². The summed E-state index contributed by atoms with van der Waals surface area (Å²) in [7, 11) is 1.63. The van der Waals surface area contributed by atoms with Crippen LogP contribution in [0.4, 0.5) is 10.1 Å². The summed E-state index contributed by atoms with van der Waals surface area (Å²) in [6.45, 7) is 1.31. The average Bonchev–Trinajstić information content (AvgIpc) is 3.44. The second-order valence-electron chi connectivity index (χ2n) is 8.09. The minimum atomic E-state index is -0.681. The van der Waals surface area contributed by atoms with Gasteiger partial charge in [0.25, 0.3) is 11.8 Å². The van der Waals surface area contributed by atoms with E-state index < -0.39 is 11.9 Å². The lowest BCUT2D eigenvalue weighted by Gasteiger charge is -2.18. The van der Waals surface area contributed by atoms with Crippen LogP contribution < -0.4 is 14.4 Å². The Morgan fingerprint density at radius 3 is 2.77 bits per heavy atom. The number of aromatic nitrogens is 1. The summed E-state index contributed by atoms with van der Waals surface area (Å²) in [6, 6.07) is 6.37. The van der Waals surface area contributed by atoms with Gasteiger partial charge in [-0.2, -0.15) is 0 Å². The van der Waals surface area contributed by atoms with Crippen molar-refractivity contribution in [2.45, 2.75) is 31.9 Å². The molecule has 8 heteroatoms. The molecule has 0 bridgehead atoms. The van der Waals surface area contributed by atoms with Gasteiger partial charge in [-0.1, -0.05) is 0 Å². The van der Waals surface area contributed by atoms with Crippen LogP contribution in [0.25, 0.3) is 0 Å². The lowest BCUT2D eigenvalue weighted by Crippen LogP contribution is -2.32. The van der Waals surface area contributed by atoms with Gasteiger partial charge >= 0.3 is 0 Å². The molecule has 1 saturated heterocycles. The van der Waals surface area contributed by atoms with Crippen LogP contribution in [-0.4, -0.2) is 48.0 Å². The second kappa shape index (κ2) is 7.27. The van der Waals surface area contributed by atoms with Crippen LogP contribution >= 0.6 is 0 Å². The maximum atomic E-state index is 14.5. The zero-order valence-corrected chi connectivity index (χ0v) is 16.6. The average molecular weight is 411 g/mol. The number of ether oxygens (including phenoxy) is 2. The van der Waals surface area contributed by atoms with Crippen LogP contribution in [0, 0.1) is 11.7 Å². The predicted molar refractivity (Wildman–Crippen MR) is 106 cm³/mol. The number of benzene rings is 1. The molecule has 1 aliphatic carbocycles. The number of nitrogens with zero attached hydrogens (tertiary/aromatic N) is 3. The molecule has 7 nitrogen and oxygen atoms in total. The van der Waals surface area contributed by atoms with E-state index in [1.165, 1.54) is 28.7 Å². The van der Waals surface area contributed by atoms with E-state index in [1.807, 2.05) is 0 Å². The second-order valence-corrected chi connectivity index (χ2v) is 8.09. The molecule has 5 rings (SSSR count). The van der Waals surface area contributed by atoms with E-state index in [-0.39, 0.29) is 18.4 Å². The zero-order valence-electron chi connectivity index (χ0n) is 16.6. The molecule has 0 radical (unpaired) electrons. The Labute approximate surface area is 173 Å². The van der Waals surface area contributed by atoms with Gasteiger partial charge in [-0.15, -0.1) is 0 Å². The number of pyridine rings is 1. The van der Waals surface area contributed by atoms with E-state index in [4.69, 9.17) is 9.47 Å². The van der Waals surface area contributed by atoms with Gasteiger partial charge in [-0.3, -0.25) is 9.59 Å². The summed E-state index contributed by atoms with van der Waals surface area (Å²) in [5.74, 6) is 0.693. The maximum Gasteiger partial charge on any atom is 0.268 e. The molecule has 2 fully saturated rings. The third-order valence-electron chi connectivity index (χ3n) is 5.77. The molecule has 1 saturated carbocycles. The molecule has 0 unspecified atom stereocenters. The van der Waals surface area contributed by atoms with Gasteiger partial charge in [0.2, 0.25) is 5.88 Å². The first kappa shape index (κ1) is 18.8. The normalized spacial score (nSPS) is 20.7. The molecule has 0 spiro atoms. The van der Waals surface area contributed by atoms with E-state index in [0.717, 1.165) is 0 Å². The third-order valence-corrected chi connectivity index (χ3v) is 5.77. The Balaban J connectivity index is 1.26. The summed E-state index contributed by atoms with van der Waals surface area (Å²) in [6.07, 6.45) is 3.74. The molecule has 2 aliphatic heterocycles. The summed E-state index contributed by atoms with van der Waals surface area (Å²) in [4.78, 5) is 32.2. The van der Waals surface area contributed by atoms with E-state index in [9.17, 15) is 14.0 Å².